The van der Waals surface area contributed by atoms with Crippen LogP contribution in [0.3, 0.4) is 0 Å². The quantitative estimate of drug-likeness (QED) is 0.281. The summed E-state index contributed by atoms with van der Waals surface area (Å²) in [6.45, 7) is 4.62. The molecule has 7 nitrogen and oxygen atoms in total. The molecular weight excluding hydrogens is 495 g/mol. The fraction of sp³-hybridized carbons (Fsp3) is 0.409. The first kappa shape index (κ1) is 23.9. The van der Waals surface area contributed by atoms with Crippen LogP contribution in [0.15, 0.2) is 58.4 Å². The predicted molar refractivity (Wildman–Crippen MR) is 128 cm³/mol. The Labute approximate surface area is 194 Å². The molecule has 30 heavy (non-hydrogen) atoms. The number of carbonyl (C=O) groups excluding carboxylic acids is 1. The molecule has 0 spiro atoms. The molecule has 1 aliphatic rings. The minimum absolute atomic E-state index is 0. The van der Waals surface area contributed by atoms with Gasteiger partial charge in [0.2, 0.25) is 0 Å². The molecule has 162 valence electrons. The number of pyridine rings is 1. The summed E-state index contributed by atoms with van der Waals surface area (Å²) in [6, 6.07) is 13.3. The van der Waals surface area contributed by atoms with Crippen LogP contribution in [0.5, 0.6) is 0 Å². The number of aliphatic imine (C=N–C) groups is 1. The lowest BCUT2D eigenvalue weighted by atomic mass is 9.99. The van der Waals surface area contributed by atoms with E-state index in [-0.39, 0.29) is 47.3 Å². The molecule has 0 bridgehead atoms. The van der Waals surface area contributed by atoms with Crippen molar-refractivity contribution in [3.05, 3.63) is 70.1 Å². The van der Waals surface area contributed by atoms with Crippen molar-refractivity contribution in [2.24, 2.45) is 16.8 Å². The molecule has 0 amide bonds. The van der Waals surface area contributed by atoms with Crippen LogP contribution >= 0.6 is 24.0 Å². The van der Waals surface area contributed by atoms with Crippen LogP contribution in [0.1, 0.15) is 18.1 Å². The molecule has 1 N–H and O–H groups in total. The molecule has 1 aromatic heterocycles. The average Bonchev–Trinajstić information content (AvgIpc) is 3.12. The first-order chi connectivity index (χ1) is 14.0. The van der Waals surface area contributed by atoms with Crippen molar-refractivity contribution in [1.29, 1.82) is 0 Å². The minimum atomic E-state index is -0.163. The molecule has 0 saturated carbocycles. The molecule has 1 aromatic carbocycles. The lowest BCUT2D eigenvalue weighted by Gasteiger charge is -2.21. The maximum Gasteiger partial charge on any atom is 0.310 e. The van der Waals surface area contributed by atoms with E-state index in [0.29, 0.717) is 19.6 Å². The zero-order valence-electron chi connectivity index (χ0n) is 17.6. The Morgan fingerprint density at radius 3 is 2.50 bits per heavy atom. The molecule has 0 radical (unpaired) electrons. The summed E-state index contributed by atoms with van der Waals surface area (Å²) >= 11 is 0. The van der Waals surface area contributed by atoms with E-state index < -0.39 is 0 Å². The number of methoxy groups -OCH3 is 1. The lowest BCUT2D eigenvalue weighted by molar-refractivity contribution is -0.145. The van der Waals surface area contributed by atoms with Gasteiger partial charge in [-0.2, -0.15) is 0 Å². The topological polar surface area (TPSA) is 75.9 Å². The number of ether oxygens (including phenoxy) is 1. The van der Waals surface area contributed by atoms with Gasteiger partial charge in [-0.05, 0) is 23.1 Å². The van der Waals surface area contributed by atoms with E-state index in [1.54, 1.807) is 29.9 Å². The van der Waals surface area contributed by atoms with Crippen LogP contribution in [-0.4, -0.2) is 48.6 Å². The fourth-order valence-electron chi connectivity index (χ4n) is 3.66. The van der Waals surface area contributed by atoms with Crippen molar-refractivity contribution < 1.29 is 9.53 Å². The van der Waals surface area contributed by atoms with Crippen LogP contribution in [0.25, 0.3) is 0 Å². The van der Waals surface area contributed by atoms with Gasteiger partial charge in [0.1, 0.15) is 0 Å². The first-order valence-corrected chi connectivity index (χ1v) is 9.78. The van der Waals surface area contributed by atoms with Crippen LogP contribution < -0.4 is 10.9 Å². The molecule has 1 fully saturated rings. The second-order valence-electron chi connectivity index (χ2n) is 7.40. The number of benzene rings is 1. The number of aromatic nitrogens is 1. The third-order valence-electron chi connectivity index (χ3n) is 5.35. The number of nitrogens with one attached hydrogen (secondary N) is 1. The highest BCUT2D eigenvalue weighted by Gasteiger charge is 2.36. The van der Waals surface area contributed by atoms with E-state index in [1.807, 2.05) is 30.3 Å². The van der Waals surface area contributed by atoms with Gasteiger partial charge in [0.15, 0.2) is 5.96 Å². The van der Waals surface area contributed by atoms with Crippen molar-refractivity contribution in [3.63, 3.8) is 0 Å². The molecule has 3 rings (SSSR count). The van der Waals surface area contributed by atoms with Crippen molar-refractivity contribution in [2.45, 2.75) is 20.0 Å². The van der Waals surface area contributed by atoms with Gasteiger partial charge in [-0.1, -0.05) is 37.3 Å². The number of esters is 1. The number of hydrogen-bond donors (Lipinski definition) is 1. The van der Waals surface area contributed by atoms with E-state index in [1.165, 1.54) is 7.11 Å². The largest absolute Gasteiger partial charge is 0.469 e. The van der Waals surface area contributed by atoms with Gasteiger partial charge in [-0.15, -0.1) is 24.0 Å². The van der Waals surface area contributed by atoms with Crippen molar-refractivity contribution >= 4 is 35.9 Å². The van der Waals surface area contributed by atoms with Crippen molar-refractivity contribution in [2.75, 3.05) is 27.2 Å². The monoisotopic (exact) mass is 524 g/mol. The van der Waals surface area contributed by atoms with E-state index in [0.717, 1.165) is 23.6 Å². The molecule has 2 heterocycles. The predicted octanol–water partition coefficient (Wildman–Crippen LogP) is 2.33. The molecule has 1 aliphatic heterocycles. The van der Waals surface area contributed by atoms with Gasteiger partial charge in [-0.3, -0.25) is 14.6 Å². The highest BCUT2D eigenvalue weighted by atomic mass is 127. The highest BCUT2D eigenvalue weighted by Crippen LogP contribution is 2.24. The van der Waals surface area contributed by atoms with Crippen LogP contribution in [0.4, 0.5) is 0 Å². The zero-order chi connectivity index (χ0) is 20.8. The number of rotatable bonds is 5. The van der Waals surface area contributed by atoms with Gasteiger partial charge < -0.3 is 19.5 Å². The number of halogens is 1. The van der Waals surface area contributed by atoms with E-state index >= 15 is 0 Å². The molecule has 1 saturated heterocycles. The summed E-state index contributed by atoms with van der Waals surface area (Å²) in [4.78, 5) is 30.2. The van der Waals surface area contributed by atoms with Crippen molar-refractivity contribution in [3.8, 4) is 0 Å². The molecule has 2 atom stereocenters. The lowest BCUT2D eigenvalue weighted by Crippen LogP contribution is -2.40. The Kier molecular flexibility index (Phi) is 8.88. The third kappa shape index (κ3) is 5.84. The number of carbonyl (C=O) groups is 1. The normalized spacial score (nSPS) is 18.6. The summed E-state index contributed by atoms with van der Waals surface area (Å²) in [6.07, 6.45) is 1.79. The van der Waals surface area contributed by atoms with Crippen molar-refractivity contribution in [1.82, 2.24) is 14.8 Å². The number of likely N-dealkylation sites (tertiary alicyclic amines) is 1. The Bertz CT molecular complexity index is 926. The smallest absolute Gasteiger partial charge is 0.310 e. The van der Waals surface area contributed by atoms with Gasteiger partial charge >= 0.3 is 5.97 Å². The molecule has 2 unspecified atom stereocenters. The standard InChI is InChI=1S/C22H28N4O3.HI/c1-16-13-26(15-19(16)21(28)29-3)22(23-2)24-12-17-7-9-18(10-8-17)14-25-11-5-4-6-20(25)27;/h4-11,16,19H,12-15H2,1-3H3,(H,23,24);1H. The molecular formula is C22H29IN4O3. The fourth-order valence-corrected chi connectivity index (χ4v) is 3.66. The summed E-state index contributed by atoms with van der Waals surface area (Å²) in [5, 5.41) is 3.37. The molecule has 0 aliphatic carbocycles. The summed E-state index contributed by atoms with van der Waals surface area (Å²) in [7, 11) is 3.18. The van der Waals surface area contributed by atoms with Gasteiger partial charge in [0.25, 0.3) is 5.56 Å². The van der Waals surface area contributed by atoms with Gasteiger partial charge in [0, 0.05) is 38.9 Å². The zero-order valence-corrected chi connectivity index (χ0v) is 19.9. The Morgan fingerprint density at radius 1 is 1.17 bits per heavy atom. The Hall–Kier alpha value is -2.36. The summed E-state index contributed by atoms with van der Waals surface area (Å²) in [5.41, 5.74) is 2.18. The average molecular weight is 524 g/mol. The van der Waals surface area contributed by atoms with Gasteiger partial charge in [-0.25, -0.2) is 0 Å². The molecule has 2 aromatic rings. The maximum absolute atomic E-state index is 11.9. The number of nitrogens with zero attached hydrogens (tertiary/aromatic N) is 3. The number of hydrogen-bond acceptors (Lipinski definition) is 4. The van der Waals surface area contributed by atoms with E-state index in [4.69, 9.17) is 4.74 Å². The van der Waals surface area contributed by atoms with Crippen LogP contribution in [-0.2, 0) is 22.6 Å². The Morgan fingerprint density at radius 2 is 1.87 bits per heavy atom. The third-order valence-corrected chi connectivity index (χ3v) is 5.35. The van der Waals surface area contributed by atoms with E-state index in [2.05, 4.69) is 22.1 Å². The molecule has 8 heteroatoms. The highest BCUT2D eigenvalue weighted by molar-refractivity contribution is 14.0. The Balaban J connectivity index is 0.00000320. The number of guanidine groups is 1. The minimum Gasteiger partial charge on any atom is -0.469 e. The maximum atomic E-state index is 11.9. The van der Waals surface area contributed by atoms with Crippen LogP contribution in [0, 0.1) is 11.8 Å². The second-order valence-corrected chi connectivity index (χ2v) is 7.40. The van der Waals surface area contributed by atoms with Gasteiger partial charge in [0.05, 0.1) is 19.6 Å². The second kappa shape index (κ2) is 11.1. The van der Waals surface area contributed by atoms with Crippen LogP contribution in [0.2, 0.25) is 0 Å². The first-order valence-electron chi connectivity index (χ1n) is 9.78. The summed E-state index contributed by atoms with van der Waals surface area (Å²) < 4.78 is 6.59. The van der Waals surface area contributed by atoms with E-state index in [9.17, 15) is 9.59 Å². The SMILES string of the molecule is CN=C(NCc1ccc(Cn2ccccc2=O)cc1)N1CC(C)C(C(=O)OC)C1.I. The summed E-state index contributed by atoms with van der Waals surface area (Å²) in [5.74, 6) is 0.715.